The van der Waals surface area contributed by atoms with Crippen molar-refractivity contribution in [2.24, 2.45) is 5.92 Å². The number of carbonyl (C=O) groups is 2. The molecule has 3 heteroatoms. The Hall–Kier alpha value is -1.90. The van der Waals surface area contributed by atoms with E-state index in [2.05, 4.69) is 5.32 Å². The molecule has 2 rings (SSSR count). The molecule has 0 spiro atoms. The van der Waals surface area contributed by atoms with Crippen LogP contribution in [0.2, 0.25) is 0 Å². The van der Waals surface area contributed by atoms with Crippen LogP contribution in [-0.2, 0) is 4.79 Å². The van der Waals surface area contributed by atoms with Crippen LogP contribution in [0.4, 0.5) is 0 Å². The van der Waals surface area contributed by atoms with Gasteiger partial charge in [0.1, 0.15) is 0 Å². The molecule has 1 fully saturated rings. The summed E-state index contributed by atoms with van der Waals surface area (Å²) in [6.45, 7) is 2.02. The van der Waals surface area contributed by atoms with Crippen molar-refractivity contribution in [3.8, 4) is 0 Å². The first-order chi connectivity index (χ1) is 8.66. The second-order valence-corrected chi connectivity index (χ2v) is 4.60. The fraction of sp³-hybridized carbons (Fsp3) is 0.333. The minimum atomic E-state index is -0.0370. The predicted octanol–water partition coefficient (Wildman–Crippen LogP) is 2.43. The van der Waals surface area contributed by atoms with E-state index in [4.69, 9.17) is 0 Å². The highest BCUT2D eigenvalue weighted by Gasteiger charge is 2.30. The molecule has 1 amide bonds. The molecule has 1 N–H and O–H groups in total. The Morgan fingerprint density at radius 3 is 2.50 bits per heavy atom. The van der Waals surface area contributed by atoms with Gasteiger partial charge in [-0.1, -0.05) is 36.4 Å². The van der Waals surface area contributed by atoms with Crippen LogP contribution in [0.5, 0.6) is 0 Å². The van der Waals surface area contributed by atoms with Crippen LogP contribution in [-0.4, -0.2) is 18.2 Å². The van der Waals surface area contributed by atoms with Crippen LogP contribution in [0, 0.1) is 5.92 Å². The number of carbonyl (C=O) groups excluding carboxylic acids is 2. The second-order valence-electron chi connectivity index (χ2n) is 4.60. The fourth-order valence-electron chi connectivity index (χ4n) is 1.74. The first-order valence-electron chi connectivity index (χ1n) is 6.22. The normalized spacial score (nSPS) is 14.7. The third-order valence-electron chi connectivity index (χ3n) is 2.92. The highest BCUT2D eigenvalue weighted by atomic mass is 16.1. The Labute approximate surface area is 107 Å². The Kier molecular flexibility index (Phi) is 3.92. The maximum Gasteiger partial charge on any atom is 0.217 e. The van der Waals surface area contributed by atoms with E-state index in [0.717, 1.165) is 24.0 Å². The van der Waals surface area contributed by atoms with E-state index in [1.54, 1.807) is 0 Å². The zero-order chi connectivity index (χ0) is 13.0. The molecule has 1 aliphatic rings. The number of benzene rings is 1. The molecule has 1 aromatic carbocycles. The predicted molar refractivity (Wildman–Crippen MR) is 71.2 cm³/mol. The summed E-state index contributed by atoms with van der Waals surface area (Å²) in [5, 5.41) is 2.69. The zero-order valence-corrected chi connectivity index (χ0v) is 10.5. The SMILES string of the molecule is CC(=O)NCC=Cc1ccc(C(=O)C2CC2)cc1. The lowest BCUT2D eigenvalue weighted by Crippen LogP contribution is -2.19. The van der Waals surface area contributed by atoms with E-state index in [1.807, 2.05) is 36.4 Å². The van der Waals surface area contributed by atoms with Gasteiger partial charge in [0.15, 0.2) is 5.78 Å². The summed E-state index contributed by atoms with van der Waals surface area (Å²) in [5.74, 6) is 0.500. The van der Waals surface area contributed by atoms with E-state index < -0.39 is 0 Å². The van der Waals surface area contributed by atoms with Crippen molar-refractivity contribution in [1.29, 1.82) is 0 Å². The van der Waals surface area contributed by atoms with Gasteiger partial charge < -0.3 is 5.32 Å². The molecular formula is C15H17NO2. The molecule has 0 bridgehead atoms. The Balaban J connectivity index is 1.90. The molecule has 0 atom stereocenters. The minimum Gasteiger partial charge on any atom is -0.353 e. The number of nitrogens with one attached hydrogen (secondary N) is 1. The van der Waals surface area contributed by atoms with Crippen LogP contribution >= 0.6 is 0 Å². The molecule has 1 aromatic rings. The van der Waals surface area contributed by atoms with E-state index in [-0.39, 0.29) is 17.6 Å². The number of ketones is 1. The molecule has 0 heterocycles. The van der Waals surface area contributed by atoms with Crippen LogP contribution in [0.25, 0.3) is 6.08 Å². The van der Waals surface area contributed by atoms with Crippen LogP contribution in [0.3, 0.4) is 0 Å². The molecular weight excluding hydrogens is 226 g/mol. The maximum absolute atomic E-state index is 11.8. The maximum atomic E-state index is 11.8. The van der Waals surface area contributed by atoms with Gasteiger partial charge in [0, 0.05) is 24.9 Å². The summed E-state index contributed by atoms with van der Waals surface area (Å²) >= 11 is 0. The molecule has 0 aromatic heterocycles. The highest BCUT2D eigenvalue weighted by Crippen LogP contribution is 2.32. The summed E-state index contributed by atoms with van der Waals surface area (Å²) in [5.41, 5.74) is 1.84. The minimum absolute atomic E-state index is 0.0370. The summed E-state index contributed by atoms with van der Waals surface area (Å²) in [6.07, 6.45) is 5.90. The molecule has 0 radical (unpaired) electrons. The monoisotopic (exact) mass is 243 g/mol. The largest absolute Gasteiger partial charge is 0.353 e. The van der Waals surface area contributed by atoms with E-state index >= 15 is 0 Å². The quantitative estimate of drug-likeness (QED) is 0.807. The lowest BCUT2D eigenvalue weighted by atomic mass is 10.1. The van der Waals surface area contributed by atoms with Crippen molar-refractivity contribution < 1.29 is 9.59 Å². The molecule has 94 valence electrons. The first kappa shape index (κ1) is 12.6. The van der Waals surface area contributed by atoms with Gasteiger partial charge in [0.2, 0.25) is 5.91 Å². The van der Waals surface area contributed by atoms with Crippen molar-refractivity contribution >= 4 is 17.8 Å². The zero-order valence-electron chi connectivity index (χ0n) is 10.5. The van der Waals surface area contributed by atoms with Crippen molar-refractivity contribution in [3.63, 3.8) is 0 Å². The Morgan fingerprint density at radius 1 is 1.28 bits per heavy atom. The number of Topliss-reactive ketones (excluding diaryl/α,β-unsaturated/α-hetero) is 1. The smallest absolute Gasteiger partial charge is 0.217 e. The van der Waals surface area contributed by atoms with E-state index in [1.165, 1.54) is 6.92 Å². The van der Waals surface area contributed by atoms with Crippen molar-refractivity contribution in [1.82, 2.24) is 5.32 Å². The lowest BCUT2D eigenvalue weighted by Gasteiger charge is -2.00. The third kappa shape index (κ3) is 3.55. The van der Waals surface area contributed by atoms with Crippen LogP contribution in [0.15, 0.2) is 30.3 Å². The van der Waals surface area contributed by atoms with Gasteiger partial charge in [0.05, 0.1) is 0 Å². The van der Waals surface area contributed by atoms with Gasteiger partial charge in [0.25, 0.3) is 0 Å². The van der Waals surface area contributed by atoms with E-state index in [9.17, 15) is 9.59 Å². The Bertz CT molecular complexity index is 470. The molecule has 0 aliphatic heterocycles. The van der Waals surface area contributed by atoms with Gasteiger partial charge in [-0.2, -0.15) is 0 Å². The van der Waals surface area contributed by atoms with Gasteiger partial charge in [-0.05, 0) is 18.4 Å². The topological polar surface area (TPSA) is 46.2 Å². The third-order valence-corrected chi connectivity index (χ3v) is 2.92. The van der Waals surface area contributed by atoms with E-state index in [0.29, 0.717) is 6.54 Å². The first-order valence-corrected chi connectivity index (χ1v) is 6.22. The van der Waals surface area contributed by atoms with Crippen LogP contribution in [0.1, 0.15) is 35.7 Å². The molecule has 0 saturated heterocycles. The fourth-order valence-corrected chi connectivity index (χ4v) is 1.74. The highest BCUT2D eigenvalue weighted by molar-refractivity contribution is 5.99. The molecule has 3 nitrogen and oxygen atoms in total. The summed E-state index contributed by atoms with van der Waals surface area (Å²) in [4.78, 5) is 22.4. The second kappa shape index (κ2) is 5.63. The number of rotatable bonds is 5. The average Bonchev–Trinajstić information content (AvgIpc) is 3.18. The van der Waals surface area contributed by atoms with Gasteiger partial charge in [-0.15, -0.1) is 0 Å². The van der Waals surface area contributed by atoms with Gasteiger partial charge in [-0.25, -0.2) is 0 Å². The average molecular weight is 243 g/mol. The molecule has 0 unspecified atom stereocenters. The van der Waals surface area contributed by atoms with Gasteiger partial charge >= 0.3 is 0 Å². The Morgan fingerprint density at radius 2 is 1.94 bits per heavy atom. The summed E-state index contributed by atoms with van der Waals surface area (Å²) in [7, 11) is 0. The molecule has 1 saturated carbocycles. The summed E-state index contributed by atoms with van der Waals surface area (Å²) in [6, 6.07) is 7.61. The number of hydrogen-bond donors (Lipinski definition) is 1. The lowest BCUT2D eigenvalue weighted by molar-refractivity contribution is -0.118. The van der Waals surface area contributed by atoms with Crippen molar-refractivity contribution in [2.75, 3.05) is 6.54 Å². The van der Waals surface area contributed by atoms with Crippen molar-refractivity contribution in [3.05, 3.63) is 41.5 Å². The van der Waals surface area contributed by atoms with Crippen molar-refractivity contribution in [2.45, 2.75) is 19.8 Å². The standard InChI is InChI=1S/C15H17NO2/c1-11(17)16-10-2-3-12-4-6-13(7-5-12)15(18)14-8-9-14/h2-7,14H,8-10H2,1H3,(H,16,17). The number of amides is 1. The molecule has 1 aliphatic carbocycles. The molecule has 18 heavy (non-hydrogen) atoms. The number of hydrogen-bond acceptors (Lipinski definition) is 2. The van der Waals surface area contributed by atoms with Gasteiger partial charge in [-0.3, -0.25) is 9.59 Å². The van der Waals surface area contributed by atoms with Crippen LogP contribution < -0.4 is 5.32 Å². The summed E-state index contributed by atoms with van der Waals surface area (Å²) < 4.78 is 0.